The average molecular weight is 280 g/mol. The summed E-state index contributed by atoms with van der Waals surface area (Å²) in [6, 6.07) is 3.07. The van der Waals surface area contributed by atoms with Gasteiger partial charge in [-0.2, -0.15) is 0 Å². The number of carbonyl (C=O) groups is 2. The molecule has 1 heterocycles. The first-order valence-corrected chi connectivity index (χ1v) is 6.96. The van der Waals surface area contributed by atoms with E-state index in [1.165, 1.54) is 0 Å². The van der Waals surface area contributed by atoms with E-state index in [1.807, 2.05) is 6.07 Å². The van der Waals surface area contributed by atoms with Crippen molar-refractivity contribution in [1.82, 2.24) is 10.6 Å². The normalized spacial score (nSPS) is 22.2. The minimum absolute atomic E-state index is 0.273. The minimum atomic E-state index is -0.828. The molecule has 1 fully saturated rings. The van der Waals surface area contributed by atoms with Gasteiger partial charge in [-0.15, -0.1) is 0 Å². The summed E-state index contributed by atoms with van der Waals surface area (Å²) in [6.07, 6.45) is 5.44. The fraction of sp³-hybridized carbons (Fsp3) is 0.571. The maximum absolute atomic E-state index is 11.8. The van der Waals surface area contributed by atoms with E-state index < -0.39 is 11.9 Å². The molecule has 2 atom stereocenters. The second kappa shape index (κ2) is 6.98. The number of aliphatic carboxylic acids is 1. The van der Waals surface area contributed by atoms with Crippen LogP contribution < -0.4 is 10.6 Å². The number of amides is 2. The summed E-state index contributed by atoms with van der Waals surface area (Å²) < 4.78 is 5.16. The Morgan fingerprint density at radius 2 is 2.15 bits per heavy atom. The van der Waals surface area contributed by atoms with Crippen LogP contribution in [0.25, 0.3) is 0 Å². The van der Waals surface area contributed by atoms with Crippen LogP contribution in [0, 0.1) is 5.92 Å². The zero-order valence-electron chi connectivity index (χ0n) is 11.3. The highest BCUT2D eigenvalue weighted by atomic mass is 16.4. The van der Waals surface area contributed by atoms with Crippen molar-refractivity contribution in [3.63, 3.8) is 0 Å². The molecule has 1 aromatic heterocycles. The molecular formula is C14H20N2O4. The summed E-state index contributed by atoms with van der Waals surface area (Å²) in [5, 5.41) is 14.6. The number of rotatable bonds is 5. The number of hydrogen-bond acceptors (Lipinski definition) is 3. The van der Waals surface area contributed by atoms with Crippen LogP contribution in [0.4, 0.5) is 4.79 Å². The fourth-order valence-corrected chi connectivity index (χ4v) is 2.57. The van der Waals surface area contributed by atoms with Gasteiger partial charge in [0.15, 0.2) is 0 Å². The van der Waals surface area contributed by atoms with Gasteiger partial charge < -0.3 is 20.2 Å². The van der Waals surface area contributed by atoms with Gasteiger partial charge in [0.25, 0.3) is 0 Å². The lowest BCUT2D eigenvalue weighted by Crippen LogP contribution is -2.49. The average Bonchev–Trinajstić information content (AvgIpc) is 2.92. The Morgan fingerprint density at radius 3 is 2.85 bits per heavy atom. The molecule has 0 spiro atoms. The monoisotopic (exact) mass is 280 g/mol. The quantitative estimate of drug-likeness (QED) is 0.766. The Kier molecular flexibility index (Phi) is 5.03. The highest BCUT2D eigenvalue weighted by Crippen LogP contribution is 2.24. The van der Waals surface area contributed by atoms with Gasteiger partial charge in [0.2, 0.25) is 0 Å². The van der Waals surface area contributed by atoms with Crippen molar-refractivity contribution in [2.24, 2.45) is 5.92 Å². The van der Waals surface area contributed by atoms with E-state index in [2.05, 4.69) is 10.6 Å². The zero-order valence-corrected chi connectivity index (χ0v) is 11.3. The maximum atomic E-state index is 11.8. The van der Waals surface area contributed by atoms with Crippen LogP contribution >= 0.6 is 0 Å². The lowest BCUT2D eigenvalue weighted by atomic mass is 9.84. The Balaban J connectivity index is 1.73. The molecule has 110 valence electrons. The minimum Gasteiger partial charge on any atom is -0.481 e. The SMILES string of the molecule is O=C(NCCc1ccco1)NC1CCCCC1C(=O)O. The predicted octanol–water partition coefficient (Wildman–Crippen LogP) is 1.76. The summed E-state index contributed by atoms with van der Waals surface area (Å²) in [6.45, 7) is 0.462. The highest BCUT2D eigenvalue weighted by molar-refractivity contribution is 5.76. The lowest BCUT2D eigenvalue weighted by molar-refractivity contribution is -0.143. The number of hydrogen-bond donors (Lipinski definition) is 3. The smallest absolute Gasteiger partial charge is 0.315 e. The fourth-order valence-electron chi connectivity index (χ4n) is 2.57. The van der Waals surface area contributed by atoms with Crippen LogP contribution in [0.5, 0.6) is 0 Å². The van der Waals surface area contributed by atoms with Gasteiger partial charge in [-0.3, -0.25) is 4.79 Å². The molecule has 0 radical (unpaired) electrons. The maximum Gasteiger partial charge on any atom is 0.315 e. The predicted molar refractivity (Wildman–Crippen MR) is 72.3 cm³/mol. The third-order valence-electron chi connectivity index (χ3n) is 3.64. The molecule has 0 saturated heterocycles. The molecule has 2 amide bonds. The van der Waals surface area contributed by atoms with Crippen LogP contribution in [0.3, 0.4) is 0 Å². The van der Waals surface area contributed by atoms with Gasteiger partial charge in [-0.25, -0.2) is 4.79 Å². The van der Waals surface area contributed by atoms with Gasteiger partial charge >= 0.3 is 12.0 Å². The van der Waals surface area contributed by atoms with E-state index in [-0.39, 0.29) is 12.1 Å². The van der Waals surface area contributed by atoms with Gasteiger partial charge in [0.1, 0.15) is 5.76 Å². The Labute approximate surface area is 117 Å². The summed E-state index contributed by atoms with van der Waals surface area (Å²) in [4.78, 5) is 22.9. The summed E-state index contributed by atoms with van der Waals surface area (Å²) in [5.74, 6) is -0.489. The molecule has 1 aromatic rings. The topological polar surface area (TPSA) is 91.6 Å². The van der Waals surface area contributed by atoms with E-state index >= 15 is 0 Å². The second-order valence-electron chi connectivity index (χ2n) is 5.07. The molecule has 0 aromatic carbocycles. The first kappa shape index (κ1) is 14.4. The van der Waals surface area contributed by atoms with Crippen molar-refractivity contribution in [3.05, 3.63) is 24.2 Å². The number of nitrogens with one attached hydrogen (secondary N) is 2. The van der Waals surface area contributed by atoms with E-state index in [0.717, 1.165) is 25.0 Å². The van der Waals surface area contributed by atoms with E-state index in [0.29, 0.717) is 19.4 Å². The van der Waals surface area contributed by atoms with Crippen LogP contribution in [0.2, 0.25) is 0 Å². The summed E-state index contributed by atoms with van der Waals surface area (Å²) in [5.41, 5.74) is 0. The molecule has 0 bridgehead atoms. The zero-order chi connectivity index (χ0) is 14.4. The number of urea groups is 1. The largest absolute Gasteiger partial charge is 0.481 e. The summed E-state index contributed by atoms with van der Waals surface area (Å²) in [7, 11) is 0. The van der Waals surface area contributed by atoms with Gasteiger partial charge in [0.05, 0.1) is 12.2 Å². The van der Waals surface area contributed by atoms with E-state index in [9.17, 15) is 9.59 Å². The molecule has 1 saturated carbocycles. The Bertz CT molecular complexity index is 444. The molecule has 6 nitrogen and oxygen atoms in total. The van der Waals surface area contributed by atoms with Crippen molar-refractivity contribution in [3.8, 4) is 0 Å². The van der Waals surface area contributed by atoms with Gasteiger partial charge in [-0.1, -0.05) is 12.8 Å². The molecule has 3 N–H and O–H groups in total. The first-order chi connectivity index (χ1) is 9.66. The van der Waals surface area contributed by atoms with Crippen molar-refractivity contribution in [2.75, 3.05) is 6.54 Å². The number of carboxylic acid groups (broad SMARTS) is 1. The third kappa shape index (κ3) is 4.01. The molecule has 2 unspecified atom stereocenters. The standard InChI is InChI=1S/C14H20N2O4/c17-13(18)11-5-1-2-6-12(11)16-14(19)15-8-7-10-4-3-9-20-10/h3-4,9,11-12H,1-2,5-8H2,(H,17,18)(H2,15,16,19). The molecule has 1 aliphatic rings. The summed E-state index contributed by atoms with van der Waals surface area (Å²) >= 11 is 0. The lowest BCUT2D eigenvalue weighted by Gasteiger charge is -2.29. The molecule has 1 aliphatic carbocycles. The number of carboxylic acids is 1. The van der Waals surface area contributed by atoms with Crippen LogP contribution in [0.1, 0.15) is 31.4 Å². The van der Waals surface area contributed by atoms with Crippen LogP contribution in [-0.2, 0) is 11.2 Å². The van der Waals surface area contributed by atoms with Crippen molar-refractivity contribution >= 4 is 12.0 Å². The van der Waals surface area contributed by atoms with Crippen molar-refractivity contribution in [1.29, 1.82) is 0 Å². The first-order valence-electron chi connectivity index (χ1n) is 6.96. The molecule has 0 aliphatic heterocycles. The van der Waals surface area contributed by atoms with E-state index in [4.69, 9.17) is 9.52 Å². The number of carbonyl (C=O) groups excluding carboxylic acids is 1. The van der Waals surface area contributed by atoms with E-state index in [1.54, 1.807) is 12.3 Å². The molecule has 20 heavy (non-hydrogen) atoms. The van der Waals surface area contributed by atoms with Gasteiger partial charge in [0, 0.05) is 19.0 Å². The Hall–Kier alpha value is -1.98. The molecule has 2 rings (SSSR count). The molecular weight excluding hydrogens is 260 g/mol. The second-order valence-corrected chi connectivity index (χ2v) is 5.07. The highest BCUT2D eigenvalue weighted by Gasteiger charge is 2.31. The van der Waals surface area contributed by atoms with Crippen molar-refractivity contribution in [2.45, 2.75) is 38.1 Å². The van der Waals surface area contributed by atoms with Crippen LogP contribution in [0.15, 0.2) is 22.8 Å². The van der Waals surface area contributed by atoms with Crippen LogP contribution in [-0.4, -0.2) is 29.7 Å². The third-order valence-corrected chi connectivity index (χ3v) is 3.64. The van der Waals surface area contributed by atoms with Crippen molar-refractivity contribution < 1.29 is 19.1 Å². The Morgan fingerprint density at radius 1 is 1.35 bits per heavy atom. The van der Waals surface area contributed by atoms with Gasteiger partial charge in [-0.05, 0) is 25.0 Å². The molecule has 6 heteroatoms. The number of furan rings is 1.